The first-order chi connectivity index (χ1) is 7.31. The van der Waals surface area contributed by atoms with Gasteiger partial charge in [-0.05, 0) is 18.6 Å². The van der Waals surface area contributed by atoms with Gasteiger partial charge in [-0.3, -0.25) is 0 Å². The van der Waals surface area contributed by atoms with Crippen LogP contribution in [-0.4, -0.2) is 31.0 Å². The van der Waals surface area contributed by atoms with Crippen molar-refractivity contribution >= 4 is 11.3 Å². The summed E-state index contributed by atoms with van der Waals surface area (Å²) in [7, 11) is 0. The van der Waals surface area contributed by atoms with E-state index in [4.69, 9.17) is 9.47 Å². The Morgan fingerprint density at radius 3 is 3.00 bits per heavy atom. The first kappa shape index (κ1) is 11.1. The summed E-state index contributed by atoms with van der Waals surface area (Å²) in [5, 5.41) is 10.1. The standard InChI is InChI=1S/C11H16O3S/c1-2-8-3-4-10(15-8)11(12)9-7-13-5-6-14-9/h3-4,9,11-12H,2,5-7H2,1H3. The lowest BCUT2D eigenvalue weighted by atomic mass is 10.1. The predicted octanol–water partition coefficient (Wildman–Crippen LogP) is 1.76. The zero-order chi connectivity index (χ0) is 10.7. The lowest BCUT2D eigenvalue weighted by Gasteiger charge is -2.26. The molecule has 0 radical (unpaired) electrons. The molecule has 84 valence electrons. The van der Waals surface area contributed by atoms with Gasteiger partial charge in [0.2, 0.25) is 0 Å². The fourth-order valence-corrected chi connectivity index (χ4v) is 2.61. The molecule has 4 heteroatoms. The highest BCUT2D eigenvalue weighted by Gasteiger charge is 2.25. The van der Waals surface area contributed by atoms with Crippen molar-refractivity contribution in [2.75, 3.05) is 19.8 Å². The largest absolute Gasteiger partial charge is 0.385 e. The molecule has 1 N–H and O–H groups in total. The fourth-order valence-electron chi connectivity index (χ4n) is 1.61. The highest BCUT2D eigenvalue weighted by molar-refractivity contribution is 7.12. The van der Waals surface area contributed by atoms with Gasteiger partial charge in [0, 0.05) is 9.75 Å². The number of hydrogen-bond acceptors (Lipinski definition) is 4. The molecule has 1 saturated heterocycles. The van der Waals surface area contributed by atoms with Crippen LogP contribution in [0.25, 0.3) is 0 Å². The maximum atomic E-state index is 10.1. The van der Waals surface area contributed by atoms with Crippen molar-refractivity contribution in [3.63, 3.8) is 0 Å². The average Bonchev–Trinajstić information content (AvgIpc) is 2.78. The van der Waals surface area contributed by atoms with Crippen LogP contribution in [0.15, 0.2) is 12.1 Å². The van der Waals surface area contributed by atoms with Crippen LogP contribution >= 0.6 is 11.3 Å². The van der Waals surface area contributed by atoms with E-state index in [2.05, 4.69) is 13.0 Å². The van der Waals surface area contributed by atoms with Crippen molar-refractivity contribution in [1.82, 2.24) is 0 Å². The number of aliphatic hydroxyl groups is 1. The van der Waals surface area contributed by atoms with Gasteiger partial charge in [-0.1, -0.05) is 6.92 Å². The van der Waals surface area contributed by atoms with Gasteiger partial charge in [-0.2, -0.15) is 0 Å². The first-order valence-corrected chi connectivity index (χ1v) is 6.09. The number of thiophene rings is 1. The molecule has 2 unspecified atom stereocenters. The van der Waals surface area contributed by atoms with Crippen LogP contribution in [0.4, 0.5) is 0 Å². The van der Waals surface area contributed by atoms with Gasteiger partial charge < -0.3 is 14.6 Å². The van der Waals surface area contributed by atoms with Gasteiger partial charge in [0.05, 0.1) is 19.8 Å². The SMILES string of the molecule is CCc1ccc(C(O)C2COCCO2)s1. The molecule has 0 amide bonds. The molecule has 2 heterocycles. The quantitative estimate of drug-likeness (QED) is 0.856. The molecule has 1 fully saturated rings. The highest BCUT2D eigenvalue weighted by atomic mass is 32.1. The van der Waals surface area contributed by atoms with E-state index in [-0.39, 0.29) is 6.10 Å². The van der Waals surface area contributed by atoms with Gasteiger partial charge in [0.15, 0.2) is 0 Å². The summed E-state index contributed by atoms with van der Waals surface area (Å²) in [5.41, 5.74) is 0. The molecule has 0 aliphatic carbocycles. The van der Waals surface area contributed by atoms with Crippen LogP contribution < -0.4 is 0 Å². The molecule has 1 aliphatic rings. The Hall–Kier alpha value is -0.420. The molecule has 0 bridgehead atoms. The second-order valence-corrected chi connectivity index (χ2v) is 4.79. The minimum atomic E-state index is -0.546. The first-order valence-electron chi connectivity index (χ1n) is 5.27. The van der Waals surface area contributed by atoms with E-state index in [1.54, 1.807) is 11.3 Å². The molecule has 0 saturated carbocycles. The Morgan fingerprint density at radius 2 is 2.40 bits per heavy atom. The summed E-state index contributed by atoms with van der Waals surface area (Å²) in [6.07, 6.45) is 0.261. The van der Waals surface area contributed by atoms with Crippen molar-refractivity contribution in [3.8, 4) is 0 Å². The summed E-state index contributed by atoms with van der Waals surface area (Å²) in [4.78, 5) is 2.27. The molecule has 3 nitrogen and oxygen atoms in total. The minimum Gasteiger partial charge on any atom is -0.385 e. The summed E-state index contributed by atoms with van der Waals surface area (Å²) in [6, 6.07) is 4.04. The average molecular weight is 228 g/mol. The third-order valence-corrected chi connectivity index (χ3v) is 3.82. The number of ether oxygens (including phenoxy) is 2. The van der Waals surface area contributed by atoms with Crippen molar-refractivity contribution < 1.29 is 14.6 Å². The van der Waals surface area contributed by atoms with E-state index in [1.807, 2.05) is 6.07 Å². The summed E-state index contributed by atoms with van der Waals surface area (Å²) in [6.45, 7) is 3.81. The Morgan fingerprint density at radius 1 is 1.53 bits per heavy atom. The number of aliphatic hydroxyl groups excluding tert-OH is 1. The third kappa shape index (κ3) is 2.58. The van der Waals surface area contributed by atoms with Crippen LogP contribution in [-0.2, 0) is 15.9 Å². The Labute approximate surface area is 93.6 Å². The molecule has 1 aromatic heterocycles. The van der Waals surface area contributed by atoms with Crippen LogP contribution in [0, 0.1) is 0 Å². The molecule has 2 rings (SSSR count). The minimum absolute atomic E-state index is 0.206. The van der Waals surface area contributed by atoms with E-state index < -0.39 is 6.10 Å². The third-order valence-electron chi connectivity index (χ3n) is 2.52. The monoisotopic (exact) mass is 228 g/mol. The highest BCUT2D eigenvalue weighted by Crippen LogP contribution is 2.28. The van der Waals surface area contributed by atoms with E-state index in [9.17, 15) is 5.11 Å². The summed E-state index contributed by atoms with van der Waals surface area (Å²) in [5.74, 6) is 0. The maximum Gasteiger partial charge on any atom is 0.117 e. The van der Waals surface area contributed by atoms with E-state index in [0.29, 0.717) is 19.8 Å². The molecule has 15 heavy (non-hydrogen) atoms. The molecule has 0 spiro atoms. The van der Waals surface area contributed by atoms with E-state index in [0.717, 1.165) is 11.3 Å². The van der Waals surface area contributed by atoms with Gasteiger partial charge >= 0.3 is 0 Å². The lowest BCUT2D eigenvalue weighted by molar-refractivity contribution is -0.132. The normalized spacial score (nSPS) is 24.0. The predicted molar refractivity (Wildman–Crippen MR) is 59.2 cm³/mol. The van der Waals surface area contributed by atoms with Crippen molar-refractivity contribution in [2.24, 2.45) is 0 Å². The fraction of sp³-hybridized carbons (Fsp3) is 0.636. The van der Waals surface area contributed by atoms with Gasteiger partial charge in [0.1, 0.15) is 12.2 Å². The number of rotatable bonds is 3. The molecular formula is C11H16O3S. The van der Waals surface area contributed by atoms with Crippen LogP contribution in [0.2, 0.25) is 0 Å². The van der Waals surface area contributed by atoms with Crippen LogP contribution in [0.1, 0.15) is 22.8 Å². The van der Waals surface area contributed by atoms with Gasteiger partial charge in [-0.15, -0.1) is 11.3 Å². The summed E-state index contributed by atoms with van der Waals surface area (Å²) < 4.78 is 10.7. The van der Waals surface area contributed by atoms with Crippen molar-refractivity contribution in [2.45, 2.75) is 25.6 Å². The maximum absolute atomic E-state index is 10.1. The lowest BCUT2D eigenvalue weighted by Crippen LogP contribution is -2.33. The van der Waals surface area contributed by atoms with E-state index >= 15 is 0 Å². The van der Waals surface area contributed by atoms with Crippen molar-refractivity contribution in [3.05, 3.63) is 21.9 Å². The molecule has 2 atom stereocenters. The second-order valence-electron chi connectivity index (χ2n) is 3.59. The van der Waals surface area contributed by atoms with Crippen LogP contribution in [0.3, 0.4) is 0 Å². The zero-order valence-corrected chi connectivity index (χ0v) is 9.63. The smallest absolute Gasteiger partial charge is 0.117 e. The zero-order valence-electron chi connectivity index (χ0n) is 8.81. The molecule has 0 aromatic carbocycles. The second kappa shape index (κ2) is 5.07. The van der Waals surface area contributed by atoms with E-state index in [1.165, 1.54) is 4.88 Å². The van der Waals surface area contributed by atoms with Crippen LogP contribution in [0.5, 0.6) is 0 Å². The Balaban J connectivity index is 2.02. The number of aryl methyl sites for hydroxylation is 1. The van der Waals surface area contributed by atoms with Gasteiger partial charge in [-0.25, -0.2) is 0 Å². The number of hydrogen-bond donors (Lipinski definition) is 1. The molecule has 1 aliphatic heterocycles. The van der Waals surface area contributed by atoms with Gasteiger partial charge in [0.25, 0.3) is 0 Å². The molecule has 1 aromatic rings. The Bertz CT molecular complexity index is 305. The topological polar surface area (TPSA) is 38.7 Å². The van der Waals surface area contributed by atoms with Crippen molar-refractivity contribution in [1.29, 1.82) is 0 Å². The molecular weight excluding hydrogens is 212 g/mol. The Kier molecular flexibility index (Phi) is 3.75. The summed E-state index contributed by atoms with van der Waals surface area (Å²) >= 11 is 1.65.